The maximum atomic E-state index is 12.6. The second kappa shape index (κ2) is 11.3. The summed E-state index contributed by atoms with van der Waals surface area (Å²) in [6, 6.07) is 22.1. The summed E-state index contributed by atoms with van der Waals surface area (Å²) in [6.45, 7) is 15.0. The molecule has 1 aliphatic heterocycles. The molecule has 3 rings (SSSR count). The molecule has 0 aromatic heterocycles. The van der Waals surface area contributed by atoms with Crippen molar-refractivity contribution in [2.45, 2.75) is 70.4 Å². The summed E-state index contributed by atoms with van der Waals surface area (Å²) in [5.41, 5.74) is 0. The largest absolute Gasteiger partial charge is 0.405 e. The van der Waals surface area contributed by atoms with Gasteiger partial charge in [0, 0.05) is 21.1 Å². The fourth-order valence-electron chi connectivity index (χ4n) is 4.56. The van der Waals surface area contributed by atoms with Crippen LogP contribution in [0.5, 0.6) is 0 Å². The maximum Gasteiger partial charge on any atom is 0.261 e. The molecule has 1 atom stereocenters. The third-order valence-corrected chi connectivity index (χ3v) is 13.2. The van der Waals surface area contributed by atoms with Crippen molar-refractivity contribution in [1.29, 1.82) is 0 Å². The van der Waals surface area contributed by atoms with E-state index in [0.717, 1.165) is 12.5 Å². The molecule has 0 radical (unpaired) electrons. The van der Waals surface area contributed by atoms with Crippen LogP contribution in [-0.2, 0) is 18.8 Å². The topological polar surface area (TPSA) is 48.0 Å². The van der Waals surface area contributed by atoms with Crippen LogP contribution in [-0.4, -0.2) is 53.4 Å². The van der Waals surface area contributed by atoms with E-state index in [4.69, 9.17) is 14.0 Å². The molecule has 1 heterocycles. The predicted octanol–water partition coefficient (Wildman–Crippen LogP) is 4.80. The van der Waals surface area contributed by atoms with Crippen LogP contribution in [0.15, 0.2) is 60.7 Å². The van der Waals surface area contributed by atoms with Crippen molar-refractivity contribution < 1.29 is 18.8 Å². The summed E-state index contributed by atoms with van der Waals surface area (Å²) >= 11 is 0. The second-order valence-corrected chi connectivity index (χ2v) is 21.3. The van der Waals surface area contributed by atoms with Gasteiger partial charge in [-0.15, -0.1) is 0 Å². The van der Waals surface area contributed by atoms with E-state index in [0.29, 0.717) is 19.6 Å². The average molecular weight is 500 g/mol. The highest BCUT2D eigenvalue weighted by atomic mass is 28.4. The highest BCUT2D eigenvalue weighted by Gasteiger charge is 2.51. The summed E-state index contributed by atoms with van der Waals surface area (Å²) in [4.78, 5) is 18.4. The number of hydrogen-bond donors (Lipinski definition) is 0. The monoisotopic (exact) mass is 499 g/mol. The lowest BCUT2D eigenvalue weighted by atomic mass is 10.2. The lowest BCUT2D eigenvalue weighted by Gasteiger charge is -2.43. The predicted molar refractivity (Wildman–Crippen MR) is 143 cm³/mol. The summed E-state index contributed by atoms with van der Waals surface area (Å²) < 4.78 is 12.7. The fourth-order valence-corrected chi connectivity index (χ4v) is 9.92. The first-order valence-electron chi connectivity index (χ1n) is 12.3. The normalized spacial score (nSPS) is 17.4. The Morgan fingerprint density at radius 3 is 2.00 bits per heavy atom. The molecule has 0 spiro atoms. The molecule has 1 saturated heterocycles. The molecule has 1 amide bonds. The minimum absolute atomic E-state index is 0.00449. The molecule has 0 N–H and O–H groups in total. The highest BCUT2D eigenvalue weighted by molar-refractivity contribution is 6.99. The molecule has 0 bridgehead atoms. The summed E-state index contributed by atoms with van der Waals surface area (Å²) in [5.74, 6) is 0.00449. The third-order valence-electron chi connectivity index (χ3n) is 6.45. The van der Waals surface area contributed by atoms with E-state index in [1.54, 1.807) is 0 Å². The van der Waals surface area contributed by atoms with Gasteiger partial charge in [-0.1, -0.05) is 101 Å². The summed E-state index contributed by atoms with van der Waals surface area (Å²) in [7, 11) is -3.81. The molecule has 7 heteroatoms. The Morgan fingerprint density at radius 1 is 0.941 bits per heavy atom. The van der Waals surface area contributed by atoms with E-state index < -0.39 is 16.4 Å². The number of rotatable bonds is 11. The quantitative estimate of drug-likeness (QED) is 0.253. The molecule has 5 nitrogen and oxygen atoms in total. The first-order chi connectivity index (χ1) is 16.0. The van der Waals surface area contributed by atoms with Crippen molar-refractivity contribution in [3.63, 3.8) is 0 Å². The first-order valence-corrected chi connectivity index (χ1v) is 17.9. The zero-order chi connectivity index (χ0) is 24.8. The van der Waals surface area contributed by atoms with Crippen LogP contribution in [0.1, 0.15) is 33.6 Å². The zero-order valence-electron chi connectivity index (χ0n) is 21.7. The van der Waals surface area contributed by atoms with Crippen molar-refractivity contribution in [1.82, 2.24) is 5.06 Å². The van der Waals surface area contributed by atoms with Crippen molar-refractivity contribution >= 4 is 32.7 Å². The zero-order valence-corrected chi connectivity index (χ0v) is 23.7. The molecule has 0 aliphatic carbocycles. The Labute approximate surface area is 207 Å². The molecule has 1 fully saturated rings. The smallest absolute Gasteiger partial charge is 0.261 e. The number of benzene rings is 2. The van der Waals surface area contributed by atoms with Gasteiger partial charge in [0.25, 0.3) is 8.32 Å². The molecule has 0 unspecified atom stereocenters. The molecule has 2 aromatic carbocycles. The minimum atomic E-state index is -2.65. The van der Waals surface area contributed by atoms with Crippen molar-refractivity contribution in [3.8, 4) is 0 Å². The second-order valence-electron chi connectivity index (χ2n) is 11.4. The van der Waals surface area contributed by atoms with Crippen molar-refractivity contribution in [3.05, 3.63) is 60.7 Å². The van der Waals surface area contributed by atoms with Crippen LogP contribution in [0.2, 0.25) is 30.7 Å². The van der Waals surface area contributed by atoms with E-state index in [9.17, 15) is 4.79 Å². The minimum Gasteiger partial charge on any atom is -0.405 e. The Bertz CT molecular complexity index is 870. The Hall–Kier alpha value is -1.78. The highest BCUT2D eigenvalue weighted by Crippen LogP contribution is 2.37. The van der Waals surface area contributed by atoms with Gasteiger partial charge in [0.1, 0.15) is 0 Å². The maximum absolute atomic E-state index is 12.6. The van der Waals surface area contributed by atoms with Crippen LogP contribution < -0.4 is 10.4 Å². The number of ether oxygens (including phenoxy) is 1. The number of hydroxylamine groups is 2. The third kappa shape index (κ3) is 6.46. The van der Waals surface area contributed by atoms with Gasteiger partial charge in [0.15, 0.2) is 6.79 Å². The standard InChI is InChI=1S/C27H41NO4Si2/c1-27(2,3)34(24-13-9-7-10-14-24,25-15-11-8-12-16-25)32-21-23-17-18-26(29)28(23)31-22-30-19-20-33(4,5)6/h7-16,23H,17-22H2,1-6H3/t23-/m0/s1. The molecule has 34 heavy (non-hydrogen) atoms. The fraction of sp³-hybridized carbons (Fsp3) is 0.519. The number of nitrogens with zero attached hydrogens (tertiary/aromatic N) is 1. The number of carbonyl (C=O) groups is 1. The van der Waals surface area contributed by atoms with E-state index in [-0.39, 0.29) is 23.8 Å². The van der Waals surface area contributed by atoms with E-state index >= 15 is 0 Å². The lowest BCUT2D eigenvalue weighted by Crippen LogP contribution is -2.67. The van der Waals surface area contributed by atoms with Gasteiger partial charge in [-0.05, 0) is 27.9 Å². The Morgan fingerprint density at radius 2 is 1.50 bits per heavy atom. The molecular formula is C27H41NO4Si2. The Kier molecular flexibility index (Phi) is 8.92. The molecular weight excluding hydrogens is 458 g/mol. The summed E-state index contributed by atoms with van der Waals surface area (Å²) in [5, 5.41) is 3.87. The van der Waals surface area contributed by atoms with Crippen LogP contribution in [0, 0.1) is 0 Å². The number of carbonyl (C=O) groups excluding carboxylic acids is 1. The van der Waals surface area contributed by atoms with Gasteiger partial charge in [-0.2, -0.15) is 0 Å². The van der Waals surface area contributed by atoms with Gasteiger partial charge in [0.05, 0.1) is 12.6 Å². The van der Waals surface area contributed by atoms with Gasteiger partial charge >= 0.3 is 0 Å². The van der Waals surface area contributed by atoms with Crippen LogP contribution in [0.3, 0.4) is 0 Å². The first kappa shape index (κ1) is 26.8. The molecule has 0 saturated carbocycles. The van der Waals surface area contributed by atoms with Gasteiger partial charge < -0.3 is 9.16 Å². The van der Waals surface area contributed by atoms with Crippen LogP contribution >= 0.6 is 0 Å². The van der Waals surface area contributed by atoms with E-state index in [1.807, 2.05) is 12.1 Å². The van der Waals surface area contributed by atoms with Crippen molar-refractivity contribution in [2.24, 2.45) is 0 Å². The molecule has 186 valence electrons. The average Bonchev–Trinajstić information content (AvgIpc) is 3.13. The number of amides is 1. The SMILES string of the molecule is CC(C)(C)[Si](OC[C@@H]1CCC(=O)N1OCOCC[Si](C)(C)C)(c1ccccc1)c1ccccc1. The van der Waals surface area contributed by atoms with Gasteiger partial charge in [-0.25, -0.2) is 9.90 Å². The lowest BCUT2D eigenvalue weighted by molar-refractivity contribution is -0.230. The van der Waals surface area contributed by atoms with Crippen LogP contribution in [0.25, 0.3) is 0 Å². The molecule has 2 aromatic rings. The summed E-state index contributed by atoms with van der Waals surface area (Å²) in [6.07, 6.45) is 1.20. The molecule has 1 aliphatic rings. The van der Waals surface area contributed by atoms with E-state index in [2.05, 4.69) is 88.9 Å². The van der Waals surface area contributed by atoms with Gasteiger partial charge in [0.2, 0.25) is 5.91 Å². The Balaban J connectivity index is 1.77. The van der Waals surface area contributed by atoms with Crippen molar-refractivity contribution in [2.75, 3.05) is 20.0 Å². The van der Waals surface area contributed by atoms with Gasteiger partial charge in [-0.3, -0.25) is 4.79 Å². The number of hydrogen-bond acceptors (Lipinski definition) is 4. The van der Waals surface area contributed by atoms with E-state index in [1.165, 1.54) is 15.4 Å². The van der Waals surface area contributed by atoms with Crippen LogP contribution in [0.4, 0.5) is 0 Å².